The molecule has 170 valence electrons. The number of aromatic carboxylic acids is 1. The van der Waals surface area contributed by atoms with Crippen LogP contribution in [0.4, 0.5) is 0 Å². The average molecular weight is 431 g/mol. The molecule has 3 atom stereocenters. The Morgan fingerprint density at radius 1 is 1.23 bits per heavy atom. The third-order valence-corrected chi connectivity index (χ3v) is 7.39. The van der Waals surface area contributed by atoms with E-state index < -0.39 is 11.4 Å². The molecule has 1 N–H and O–H groups in total. The number of carbonyl (C=O) groups excluding carboxylic acids is 1. The molecular formula is C24H34N2O5. The first-order valence-corrected chi connectivity index (χ1v) is 11.6. The quantitative estimate of drug-likeness (QED) is 0.695. The molecule has 0 radical (unpaired) electrons. The van der Waals surface area contributed by atoms with Crippen LogP contribution in [0.2, 0.25) is 0 Å². The number of esters is 1. The van der Waals surface area contributed by atoms with Crippen LogP contribution in [0.1, 0.15) is 48.5 Å². The first kappa shape index (κ1) is 22.2. The first-order valence-electron chi connectivity index (χ1n) is 11.6. The average Bonchev–Trinajstić information content (AvgIpc) is 2.79. The van der Waals surface area contributed by atoms with Crippen LogP contribution in [0.3, 0.4) is 0 Å². The predicted octanol–water partition coefficient (Wildman–Crippen LogP) is 2.64. The summed E-state index contributed by atoms with van der Waals surface area (Å²) < 4.78 is 11.1. The van der Waals surface area contributed by atoms with Crippen molar-refractivity contribution in [3.8, 4) is 0 Å². The highest BCUT2D eigenvalue weighted by Crippen LogP contribution is 2.48. The predicted molar refractivity (Wildman–Crippen MR) is 116 cm³/mol. The van der Waals surface area contributed by atoms with Crippen LogP contribution in [-0.2, 0) is 20.8 Å². The molecule has 3 aliphatic rings. The number of hydrogen-bond donors (Lipinski definition) is 1. The smallest absolute Gasteiger partial charge is 0.335 e. The van der Waals surface area contributed by atoms with Crippen molar-refractivity contribution in [1.29, 1.82) is 0 Å². The van der Waals surface area contributed by atoms with Crippen molar-refractivity contribution in [3.05, 3.63) is 35.4 Å². The number of likely N-dealkylation sites (tertiary alicyclic amines) is 1. The Hall–Kier alpha value is -1.96. The maximum absolute atomic E-state index is 13.2. The van der Waals surface area contributed by atoms with E-state index in [0.717, 1.165) is 64.1 Å². The number of carboxylic acids is 1. The molecule has 1 unspecified atom stereocenters. The second-order valence-electron chi connectivity index (χ2n) is 9.15. The molecule has 1 aromatic rings. The van der Waals surface area contributed by atoms with Crippen molar-refractivity contribution in [3.63, 3.8) is 0 Å². The zero-order chi connectivity index (χ0) is 21.8. The highest BCUT2D eigenvalue weighted by atomic mass is 16.5. The lowest BCUT2D eigenvalue weighted by Gasteiger charge is -2.52. The molecule has 1 aliphatic carbocycles. The number of ether oxygens (including phenoxy) is 2. The molecule has 31 heavy (non-hydrogen) atoms. The molecule has 2 saturated heterocycles. The number of nitrogens with zero attached hydrogens (tertiary/aromatic N) is 2. The lowest BCUT2D eigenvalue weighted by atomic mass is 9.61. The summed E-state index contributed by atoms with van der Waals surface area (Å²) in [6.45, 7) is 8.10. The van der Waals surface area contributed by atoms with Gasteiger partial charge in [-0.05, 0) is 62.8 Å². The van der Waals surface area contributed by atoms with Crippen LogP contribution in [0.25, 0.3) is 0 Å². The molecule has 0 amide bonds. The summed E-state index contributed by atoms with van der Waals surface area (Å²) in [7, 11) is 0. The zero-order valence-corrected chi connectivity index (χ0v) is 18.4. The van der Waals surface area contributed by atoms with Crippen LogP contribution in [0.15, 0.2) is 24.3 Å². The van der Waals surface area contributed by atoms with Crippen molar-refractivity contribution in [1.82, 2.24) is 9.80 Å². The van der Waals surface area contributed by atoms with E-state index in [-0.39, 0.29) is 5.97 Å². The van der Waals surface area contributed by atoms with Crippen molar-refractivity contribution >= 4 is 11.9 Å². The monoisotopic (exact) mass is 430 g/mol. The minimum Gasteiger partial charge on any atom is -0.478 e. The minimum absolute atomic E-state index is 0.0515. The summed E-state index contributed by atoms with van der Waals surface area (Å²) in [5, 5.41) is 9.29. The fourth-order valence-electron chi connectivity index (χ4n) is 5.80. The molecule has 4 rings (SSSR count). The van der Waals surface area contributed by atoms with Gasteiger partial charge in [0.2, 0.25) is 0 Å². The second-order valence-corrected chi connectivity index (χ2v) is 9.15. The van der Waals surface area contributed by atoms with Gasteiger partial charge >= 0.3 is 11.9 Å². The van der Waals surface area contributed by atoms with E-state index in [0.29, 0.717) is 37.2 Å². The normalized spacial score (nSPS) is 29.8. The van der Waals surface area contributed by atoms with E-state index in [2.05, 4.69) is 9.80 Å². The van der Waals surface area contributed by atoms with E-state index in [1.54, 1.807) is 18.2 Å². The van der Waals surface area contributed by atoms with Gasteiger partial charge < -0.3 is 14.6 Å². The molecule has 2 aliphatic heterocycles. The van der Waals surface area contributed by atoms with Gasteiger partial charge in [-0.15, -0.1) is 0 Å². The highest BCUT2D eigenvalue weighted by Gasteiger charge is 2.53. The lowest BCUT2D eigenvalue weighted by molar-refractivity contribution is -0.170. The van der Waals surface area contributed by atoms with E-state index in [1.165, 1.54) is 0 Å². The van der Waals surface area contributed by atoms with Crippen molar-refractivity contribution < 1.29 is 24.2 Å². The number of benzene rings is 1. The van der Waals surface area contributed by atoms with Gasteiger partial charge in [-0.25, -0.2) is 4.79 Å². The Balaban J connectivity index is 1.49. The Labute approximate surface area is 184 Å². The number of piperidine rings is 1. The summed E-state index contributed by atoms with van der Waals surface area (Å²) >= 11 is 0. The molecule has 0 aromatic heterocycles. The third kappa shape index (κ3) is 4.78. The summed E-state index contributed by atoms with van der Waals surface area (Å²) in [5.41, 5.74) is 0.819. The first-order chi connectivity index (χ1) is 15.0. The van der Waals surface area contributed by atoms with Gasteiger partial charge in [-0.1, -0.05) is 12.1 Å². The van der Waals surface area contributed by atoms with Crippen molar-refractivity contribution in [2.24, 2.45) is 11.3 Å². The number of carboxylic acid groups (broad SMARTS) is 1. The molecule has 2 heterocycles. The number of fused-ring (bicyclic) bond motifs is 1. The van der Waals surface area contributed by atoms with Gasteiger partial charge in [-0.3, -0.25) is 14.6 Å². The van der Waals surface area contributed by atoms with E-state index in [1.807, 2.05) is 13.0 Å². The lowest BCUT2D eigenvalue weighted by Crippen LogP contribution is -2.58. The standard InChI is InChI=1S/C24H34N2O5/c1-2-31-23(29)24-8-6-21(26-10-12-30-13-11-26)15-20(24)7-9-25(17-24)16-18-4-3-5-19(14-18)22(27)28/h3-5,14,20-21H,2,6-13,15-17H2,1H3,(H,27,28)/t20-,21?,24-/m1/s1. The number of morpholine rings is 1. The van der Waals surface area contributed by atoms with Crippen LogP contribution in [-0.4, -0.2) is 78.9 Å². The van der Waals surface area contributed by atoms with Gasteiger partial charge in [0.25, 0.3) is 0 Å². The zero-order valence-electron chi connectivity index (χ0n) is 18.4. The maximum Gasteiger partial charge on any atom is 0.335 e. The van der Waals surface area contributed by atoms with Gasteiger partial charge in [0.05, 0.1) is 30.8 Å². The van der Waals surface area contributed by atoms with Gasteiger partial charge in [0.1, 0.15) is 0 Å². The number of hydrogen-bond acceptors (Lipinski definition) is 6. The van der Waals surface area contributed by atoms with Crippen molar-refractivity contribution in [2.45, 2.75) is 45.2 Å². The van der Waals surface area contributed by atoms with E-state index in [9.17, 15) is 14.7 Å². The fourth-order valence-corrected chi connectivity index (χ4v) is 5.80. The summed E-state index contributed by atoms with van der Waals surface area (Å²) in [5.74, 6) is -0.635. The molecule has 0 bridgehead atoms. The van der Waals surface area contributed by atoms with Crippen LogP contribution >= 0.6 is 0 Å². The molecule has 0 spiro atoms. The van der Waals surface area contributed by atoms with Gasteiger partial charge in [0, 0.05) is 32.2 Å². The van der Waals surface area contributed by atoms with E-state index in [4.69, 9.17) is 9.47 Å². The molecule has 7 heteroatoms. The maximum atomic E-state index is 13.2. The topological polar surface area (TPSA) is 79.3 Å². The third-order valence-electron chi connectivity index (χ3n) is 7.39. The Morgan fingerprint density at radius 2 is 2.03 bits per heavy atom. The van der Waals surface area contributed by atoms with Crippen LogP contribution < -0.4 is 0 Å². The molecular weight excluding hydrogens is 396 g/mol. The fraction of sp³-hybridized carbons (Fsp3) is 0.667. The van der Waals surface area contributed by atoms with Gasteiger partial charge in [-0.2, -0.15) is 0 Å². The Kier molecular flexibility index (Phi) is 6.94. The number of rotatable bonds is 6. The van der Waals surface area contributed by atoms with Crippen molar-refractivity contribution in [2.75, 3.05) is 46.0 Å². The molecule has 1 aromatic carbocycles. The van der Waals surface area contributed by atoms with Gasteiger partial charge in [0.15, 0.2) is 0 Å². The van der Waals surface area contributed by atoms with Crippen LogP contribution in [0.5, 0.6) is 0 Å². The second kappa shape index (κ2) is 9.67. The Morgan fingerprint density at radius 3 is 2.77 bits per heavy atom. The SMILES string of the molecule is CCOC(=O)[C@@]12CCC(N3CCOCC3)C[C@H]1CCN(Cc1cccc(C(=O)O)c1)C2. The molecule has 1 saturated carbocycles. The summed E-state index contributed by atoms with van der Waals surface area (Å²) in [6, 6.07) is 7.63. The summed E-state index contributed by atoms with van der Waals surface area (Å²) in [6.07, 6.45) is 3.88. The molecule has 3 fully saturated rings. The van der Waals surface area contributed by atoms with E-state index >= 15 is 0 Å². The Bertz CT molecular complexity index is 794. The highest BCUT2D eigenvalue weighted by molar-refractivity contribution is 5.87. The largest absolute Gasteiger partial charge is 0.478 e. The number of carbonyl (C=O) groups is 2. The van der Waals surface area contributed by atoms with Crippen LogP contribution in [0, 0.1) is 11.3 Å². The molecule has 7 nitrogen and oxygen atoms in total. The summed E-state index contributed by atoms with van der Waals surface area (Å²) in [4.78, 5) is 29.4. The minimum atomic E-state index is -0.912.